The van der Waals surface area contributed by atoms with Crippen LogP contribution in [0.25, 0.3) is 0 Å². The van der Waals surface area contributed by atoms with E-state index in [2.05, 4.69) is 26.2 Å². The van der Waals surface area contributed by atoms with Crippen molar-refractivity contribution in [1.29, 1.82) is 0 Å². The van der Waals surface area contributed by atoms with Gasteiger partial charge in [-0.1, -0.05) is 0 Å². The molecule has 3 rings (SSSR count). The fraction of sp³-hybridized carbons (Fsp3) is 0.333. The summed E-state index contributed by atoms with van der Waals surface area (Å²) < 4.78 is 1.17. The largest absolute Gasteiger partial charge is 0.367 e. The van der Waals surface area contributed by atoms with Gasteiger partial charge in [-0.2, -0.15) is 0 Å². The molecule has 110 valence electrons. The molecule has 21 heavy (non-hydrogen) atoms. The van der Waals surface area contributed by atoms with Crippen LogP contribution < -0.4 is 4.90 Å². The number of thiophene rings is 1. The van der Waals surface area contributed by atoms with Gasteiger partial charge in [-0.3, -0.25) is 10.1 Å². The molecule has 4 nitrogen and oxygen atoms in total. The van der Waals surface area contributed by atoms with Crippen molar-refractivity contribution in [3.8, 4) is 0 Å². The number of hydrogen-bond donors (Lipinski definition) is 0. The maximum atomic E-state index is 11.1. The number of hydrogen-bond acceptors (Lipinski definition) is 4. The minimum atomic E-state index is -0.293. The molecule has 0 atom stereocenters. The molecular formula is C15H15BrN2O2S. The fourth-order valence-corrected chi connectivity index (χ4v) is 4.59. The molecule has 2 heterocycles. The van der Waals surface area contributed by atoms with Crippen molar-refractivity contribution in [2.75, 3.05) is 11.4 Å². The Morgan fingerprint density at radius 1 is 1.33 bits per heavy atom. The maximum absolute atomic E-state index is 11.1. The highest BCUT2D eigenvalue weighted by atomic mass is 79.9. The van der Waals surface area contributed by atoms with Gasteiger partial charge in [0, 0.05) is 44.6 Å². The van der Waals surface area contributed by atoms with Crippen molar-refractivity contribution in [2.45, 2.75) is 26.8 Å². The van der Waals surface area contributed by atoms with Gasteiger partial charge in [-0.15, -0.1) is 11.3 Å². The minimum Gasteiger partial charge on any atom is -0.367 e. The smallest absolute Gasteiger partial charge is 0.275 e. The second-order valence-corrected chi connectivity index (χ2v) is 7.16. The molecule has 1 aliphatic heterocycles. The number of anilines is 1. The summed E-state index contributed by atoms with van der Waals surface area (Å²) in [6.07, 6.45) is 1.03. The number of nitro groups is 1. The van der Waals surface area contributed by atoms with Gasteiger partial charge < -0.3 is 4.90 Å². The molecule has 0 amide bonds. The van der Waals surface area contributed by atoms with Gasteiger partial charge in [0.1, 0.15) is 0 Å². The van der Waals surface area contributed by atoms with Crippen LogP contribution in [0.3, 0.4) is 0 Å². The van der Waals surface area contributed by atoms with Crippen molar-refractivity contribution in [3.63, 3.8) is 0 Å². The molecule has 6 heteroatoms. The average molecular weight is 367 g/mol. The summed E-state index contributed by atoms with van der Waals surface area (Å²) in [6, 6.07) is 3.85. The standard InChI is InChI=1S/C15H15BrN2O2S/c1-9-5-11(6-10(2)15(9)18(19)20)17-4-3-14-12(7-17)13(16)8-21-14/h5-6,8H,3-4,7H2,1-2H3. The first-order valence-electron chi connectivity index (χ1n) is 6.72. The summed E-state index contributed by atoms with van der Waals surface area (Å²) in [7, 11) is 0. The molecule has 1 aliphatic rings. The molecule has 2 aromatic rings. The molecule has 0 N–H and O–H groups in total. The van der Waals surface area contributed by atoms with Gasteiger partial charge in [0.05, 0.1) is 4.92 Å². The van der Waals surface area contributed by atoms with Crippen LogP contribution in [0, 0.1) is 24.0 Å². The van der Waals surface area contributed by atoms with Gasteiger partial charge in [-0.05, 0) is 53.9 Å². The van der Waals surface area contributed by atoms with Crippen LogP contribution in [-0.2, 0) is 13.0 Å². The zero-order valence-electron chi connectivity index (χ0n) is 11.9. The van der Waals surface area contributed by atoms with Crippen LogP contribution in [-0.4, -0.2) is 11.5 Å². The van der Waals surface area contributed by atoms with Gasteiger partial charge >= 0.3 is 0 Å². The summed E-state index contributed by atoms with van der Waals surface area (Å²) in [5.74, 6) is 0. The molecule has 0 fully saturated rings. The lowest BCUT2D eigenvalue weighted by atomic mass is 10.0. The monoisotopic (exact) mass is 366 g/mol. The first-order chi connectivity index (χ1) is 9.97. The third-order valence-electron chi connectivity index (χ3n) is 3.91. The van der Waals surface area contributed by atoms with Crippen LogP contribution in [0.5, 0.6) is 0 Å². The molecule has 0 saturated carbocycles. The minimum absolute atomic E-state index is 0.230. The zero-order chi connectivity index (χ0) is 15.1. The van der Waals surface area contributed by atoms with Crippen molar-refractivity contribution in [3.05, 3.63) is 53.7 Å². The van der Waals surface area contributed by atoms with Crippen LogP contribution in [0.15, 0.2) is 22.0 Å². The summed E-state index contributed by atoms with van der Waals surface area (Å²) in [4.78, 5) is 14.5. The van der Waals surface area contributed by atoms with E-state index < -0.39 is 0 Å². The highest BCUT2D eigenvalue weighted by Gasteiger charge is 2.23. The Morgan fingerprint density at radius 3 is 2.62 bits per heavy atom. The quantitative estimate of drug-likeness (QED) is 0.576. The van der Waals surface area contributed by atoms with E-state index in [9.17, 15) is 10.1 Å². The van der Waals surface area contributed by atoms with E-state index >= 15 is 0 Å². The Balaban J connectivity index is 1.96. The maximum Gasteiger partial charge on any atom is 0.275 e. The molecule has 0 spiro atoms. The topological polar surface area (TPSA) is 46.4 Å². The van der Waals surface area contributed by atoms with E-state index in [0.717, 1.165) is 36.3 Å². The number of nitrogens with zero attached hydrogens (tertiary/aromatic N) is 2. The highest BCUT2D eigenvalue weighted by Crippen LogP contribution is 2.36. The molecule has 0 bridgehead atoms. The Labute approximate surface area is 135 Å². The molecule has 0 saturated heterocycles. The van der Waals surface area contributed by atoms with E-state index in [4.69, 9.17) is 0 Å². The summed E-state index contributed by atoms with van der Waals surface area (Å²) in [6.45, 7) is 5.43. The van der Waals surface area contributed by atoms with E-state index in [0.29, 0.717) is 0 Å². The molecule has 0 unspecified atom stereocenters. The van der Waals surface area contributed by atoms with Gasteiger partial charge in [0.2, 0.25) is 0 Å². The van der Waals surface area contributed by atoms with Crippen molar-refractivity contribution >= 4 is 38.6 Å². The average Bonchev–Trinajstić information content (AvgIpc) is 2.78. The molecule has 1 aromatic carbocycles. The number of fused-ring (bicyclic) bond motifs is 1. The van der Waals surface area contributed by atoms with Crippen LogP contribution in [0.4, 0.5) is 11.4 Å². The lowest BCUT2D eigenvalue weighted by molar-refractivity contribution is -0.386. The number of rotatable bonds is 2. The second kappa shape index (κ2) is 5.42. The van der Waals surface area contributed by atoms with Gasteiger partial charge in [0.15, 0.2) is 0 Å². The number of benzene rings is 1. The Morgan fingerprint density at radius 2 is 2.00 bits per heavy atom. The second-order valence-electron chi connectivity index (χ2n) is 5.34. The number of nitro benzene ring substituents is 1. The molecule has 1 aromatic heterocycles. The molecular weight excluding hydrogens is 352 g/mol. The third kappa shape index (κ3) is 2.58. The first kappa shape index (κ1) is 14.5. The van der Waals surface area contributed by atoms with E-state index in [1.807, 2.05) is 26.0 Å². The Hall–Kier alpha value is -1.40. The van der Waals surface area contributed by atoms with Gasteiger partial charge in [0.25, 0.3) is 5.69 Å². The van der Waals surface area contributed by atoms with Crippen molar-refractivity contribution in [1.82, 2.24) is 0 Å². The third-order valence-corrected chi connectivity index (χ3v) is 6.01. The normalized spacial score (nSPS) is 14.1. The molecule has 0 aliphatic carbocycles. The SMILES string of the molecule is Cc1cc(N2CCc3scc(Br)c3C2)cc(C)c1[N+](=O)[O-]. The predicted octanol–water partition coefficient (Wildman–Crippen LogP) is 4.60. The highest BCUT2D eigenvalue weighted by molar-refractivity contribution is 9.10. The summed E-state index contributed by atoms with van der Waals surface area (Å²) in [5, 5.41) is 13.2. The van der Waals surface area contributed by atoms with Crippen molar-refractivity contribution in [2.24, 2.45) is 0 Å². The van der Waals surface area contributed by atoms with E-state index in [1.165, 1.54) is 14.9 Å². The molecule has 0 radical (unpaired) electrons. The van der Waals surface area contributed by atoms with Crippen molar-refractivity contribution < 1.29 is 4.92 Å². The van der Waals surface area contributed by atoms with Crippen LogP contribution in [0.1, 0.15) is 21.6 Å². The number of halogens is 1. The fourth-order valence-electron chi connectivity index (χ4n) is 2.90. The lowest BCUT2D eigenvalue weighted by Crippen LogP contribution is -2.29. The zero-order valence-corrected chi connectivity index (χ0v) is 14.3. The Kier molecular flexibility index (Phi) is 3.75. The van der Waals surface area contributed by atoms with Gasteiger partial charge in [-0.25, -0.2) is 0 Å². The van der Waals surface area contributed by atoms with E-state index in [1.54, 1.807) is 11.3 Å². The van der Waals surface area contributed by atoms with E-state index in [-0.39, 0.29) is 10.6 Å². The predicted molar refractivity (Wildman–Crippen MR) is 89.3 cm³/mol. The summed E-state index contributed by atoms with van der Waals surface area (Å²) in [5.41, 5.74) is 4.10. The van der Waals surface area contributed by atoms with Crippen LogP contribution in [0.2, 0.25) is 0 Å². The Bertz CT molecular complexity index is 703. The number of aryl methyl sites for hydroxylation is 2. The van der Waals surface area contributed by atoms with Crippen LogP contribution >= 0.6 is 27.3 Å². The lowest BCUT2D eigenvalue weighted by Gasteiger charge is -2.30. The summed E-state index contributed by atoms with van der Waals surface area (Å²) >= 11 is 5.41. The first-order valence-corrected chi connectivity index (χ1v) is 8.40.